The molecule has 1 aliphatic rings. The van der Waals surface area contributed by atoms with E-state index in [0.717, 1.165) is 37.2 Å². The summed E-state index contributed by atoms with van der Waals surface area (Å²) in [5.74, 6) is 1.58. The predicted octanol–water partition coefficient (Wildman–Crippen LogP) is 5.12. The molecule has 0 aromatic heterocycles. The number of methoxy groups -OCH3 is 1. The Kier molecular flexibility index (Phi) is 7.77. The molecule has 0 N–H and O–H groups in total. The van der Waals surface area contributed by atoms with Crippen LogP contribution >= 0.6 is 0 Å². The molecule has 0 radical (unpaired) electrons. The van der Waals surface area contributed by atoms with Gasteiger partial charge >= 0.3 is 0 Å². The highest BCUT2D eigenvalue weighted by atomic mass is 16.5. The van der Waals surface area contributed by atoms with Gasteiger partial charge in [-0.05, 0) is 56.0 Å². The van der Waals surface area contributed by atoms with Crippen LogP contribution in [-0.4, -0.2) is 49.0 Å². The lowest BCUT2D eigenvalue weighted by Crippen LogP contribution is -2.52. The van der Waals surface area contributed by atoms with E-state index in [9.17, 15) is 4.79 Å². The molecule has 3 rings (SSSR count). The first-order chi connectivity index (χ1) is 14.9. The lowest BCUT2D eigenvalue weighted by atomic mass is 9.63. The number of hydrogen-bond acceptors (Lipinski definition) is 3. The average Bonchev–Trinajstić information content (AvgIpc) is 2.80. The van der Waals surface area contributed by atoms with Crippen molar-refractivity contribution < 1.29 is 9.53 Å². The molecule has 4 heteroatoms. The zero-order chi connectivity index (χ0) is 22.4. The van der Waals surface area contributed by atoms with E-state index in [1.807, 2.05) is 24.0 Å². The average molecular weight is 423 g/mol. The van der Waals surface area contributed by atoms with E-state index in [-0.39, 0.29) is 11.3 Å². The minimum Gasteiger partial charge on any atom is -0.497 e. The van der Waals surface area contributed by atoms with Gasteiger partial charge < -0.3 is 14.5 Å². The van der Waals surface area contributed by atoms with Crippen LogP contribution in [0.3, 0.4) is 0 Å². The van der Waals surface area contributed by atoms with Crippen molar-refractivity contribution in [3.63, 3.8) is 0 Å². The zero-order valence-corrected chi connectivity index (χ0v) is 19.8. The summed E-state index contributed by atoms with van der Waals surface area (Å²) in [6.07, 6.45) is 2.63. The second kappa shape index (κ2) is 10.3. The molecule has 0 spiro atoms. The highest BCUT2D eigenvalue weighted by Gasteiger charge is 2.43. The van der Waals surface area contributed by atoms with E-state index in [0.29, 0.717) is 24.9 Å². The van der Waals surface area contributed by atoms with Crippen LogP contribution in [0.5, 0.6) is 5.75 Å². The van der Waals surface area contributed by atoms with Gasteiger partial charge in [-0.15, -0.1) is 0 Å². The first-order valence-electron chi connectivity index (χ1n) is 11.6. The van der Waals surface area contributed by atoms with E-state index in [4.69, 9.17) is 4.74 Å². The molecule has 1 amide bonds. The summed E-state index contributed by atoms with van der Waals surface area (Å²) in [5.41, 5.74) is 2.64. The summed E-state index contributed by atoms with van der Waals surface area (Å²) in [5, 5.41) is 0. The van der Waals surface area contributed by atoms with Crippen molar-refractivity contribution in [1.82, 2.24) is 9.80 Å². The van der Waals surface area contributed by atoms with Crippen LogP contribution in [0.4, 0.5) is 0 Å². The number of ether oxygens (including phenoxy) is 1. The quantitative estimate of drug-likeness (QED) is 0.592. The number of amides is 1. The van der Waals surface area contributed by atoms with Crippen LogP contribution in [0.25, 0.3) is 0 Å². The molecule has 4 nitrogen and oxygen atoms in total. The Morgan fingerprint density at radius 3 is 2.42 bits per heavy atom. The van der Waals surface area contributed by atoms with E-state index in [1.54, 1.807) is 7.11 Å². The second-order valence-electron chi connectivity index (χ2n) is 9.18. The molecule has 1 aliphatic heterocycles. The van der Waals surface area contributed by atoms with Crippen molar-refractivity contribution in [3.05, 3.63) is 65.7 Å². The van der Waals surface area contributed by atoms with Crippen molar-refractivity contribution in [2.45, 2.75) is 58.0 Å². The first-order valence-corrected chi connectivity index (χ1v) is 11.6. The van der Waals surface area contributed by atoms with Crippen molar-refractivity contribution >= 4 is 5.91 Å². The van der Waals surface area contributed by atoms with Crippen LogP contribution in [0.1, 0.15) is 51.2 Å². The predicted molar refractivity (Wildman–Crippen MR) is 127 cm³/mol. The van der Waals surface area contributed by atoms with Gasteiger partial charge in [0.1, 0.15) is 5.75 Å². The SMILES string of the molecule is CCC(=O)N(CC[C@]1(c2ccccc2)C[C@@H](C)N(C)C[C@@H]1C)Cc1ccc(OC)cc1. The van der Waals surface area contributed by atoms with Gasteiger partial charge in [-0.3, -0.25) is 4.79 Å². The molecule has 168 valence electrons. The van der Waals surface area contributed by atoms with Gasteiger partial charge in [-0.25, -0.2) is 0 Å². The normalized spacial score (nSPS) is 24.0. The molecule has 2 aromatic carbocycles. The summed E-state index contributed by atoms with van der Waals surface area (Å²) < 4.78 is 5.28. The Hall–Kier alpha value is -2.33. The summed E-state index contributed by atoms with van der Waals surface area (Å²) in [4.78, 5) is 17.4. The third-order valence-electron chi connectivity index (χ3n) is 7.28. The molecule has 0 bridgehead atoms. The van der Waals surface area contributed by atoms with Gasteiger partial charge in [-0.2, -0.15) is 0 Å². The second-order valence-corrected chi connectivity index (χ2v) is 9.18. The molecule has 0 aliphatic carbocycles. The maximum absolute atomic E-state index is 12.8. The van der Waals surface area contributed by atoms with Crippen molar-refractivity contribution in [2.24, 2.45) is 5.92 Å². The van der Waals surface area contributed by atoms with Gasteiger partial charge in [0.05, 0.1) is 7.11 Å². The number of likely N-dealkylation sites (tertiary alicyclic amines) is 1. The Morgan fingerprint density at radius 1 is 1.13 bits per heavy atom. The molecule has 3 atom stereocenters. The van der Waals surface area contributed by atoms with Gasteiger partial charge in [0.25, 0.3) is 0 Å². The molecule has 0 saturated carbocycles. The molecule has 2 aromatic rings. The minimum atomic E-state index is 0.0827. The fourth-order valence-electron chi connectivity index (χ4n) is 5.14. The van der Waals surface area contributed by atoms with Crippen LogP contribution in [0, 0.1) is 5.92 Å². The molecule has 1 saturated heterocycles. The molecule has 0 unspecified atom stereocenters. The van der Waals surface area contributed by atoms with Gasteiger partial charge in [0, 0.05) is 37.5 Å². The van der Waals surface area contributed by atoms with E-state index < -0.39 is 0 Å². The summed E-state index contributed by atoms with van der Waals surface area (Å²) in [7, 11) is 3.90. The molecule has 1 fully saturated rings. The maximum Gasteiger partial charge on any atom is 0.222 e. The first kappa shape index (κ1) is 23.3. The molecule has 31 heavy (non-hydrogen) atoms. The van der Waals surface area contributed by atoms with Gasteiger partial charge in [-0.1, -0.05) is 56.3 Å². The number of carbonyl (C=O) groups is 1. The number of rotatable bonds is 8. The minimum absolute atomic E-state index is 0.0827. The number of carbonyl (C=O) groups excluding carboxylic acids is 1. The summed E-state index contributed by atoms with van der Waals surface area (Å²) in [6.45, 7) is 9.16. The van der Waals surface area contributed by atoms with Gasteiger partial charge in [0.15, 0.2) is 0 Å². The molecular weight excluding hydrogens is 384 g/mol. The van der Waals surface area contributed by atoms with Crippen LogP contribution in [0.2, 0.25) is 0 Å². The monoisotopic (exact) mass is 422 g/mol. The topological polar surface area (TPSA) is 32.8 Å². The lowest BCUT2D eigenvalue weighted by molar-refractivity contribution is -0.131. The molecular formula is C27H38N2O2. The Balaban J connectivity index is 1.84. The number of nitrogens with zero attached hydrogens (tertiary/aromatic N) is 2. The number of piperidine rings is 1. The Morgan fingerprint density at radius 2 is 1.81 bits per heavy atom. The lowest BCUT2D eigenvalue weighted by Gasteiger charge is -2.50. The van der Waals surface area contributed by atoms with Crippen molar-refractivity contribution in [2.75, 3.05) is 27.2 Å². The van der Waals surface area contributed by atoms with E-state index in [1.165, 1.54) is 5.56 Å². The smallest absolute Gasteiger partial charge is 0.222 e. The Bertz CT molecular complexity index is 836. The maximum atomic E-state index is 12.8. The largest absolute Gasteiger partial charge is 0.497 e. The zero-order valence-electron chi connectivity index (χ0n) is 19.8. The van der Waals surface area contributed by atoms with Crippen molar-refractivity contribution in [1.29, 1.82) is 0 Å². The van der Waals surface area contributed by atoms with E-state index >= 15 is 0 Å². The summed E-state index contributed by atoms with van der Waals surface area (Å²) >= 11 is 0. The van der Waals surface area contributed by atoms with Crippen LogP contribution in [-0.2, 0) is 16.8 Å². The third kappa shape index (κ3) is 5.30. The van der Waals surface area contributed by atoms with Crippen molar-refractivity contribution in [3.8, 4) is 5.75 Å². The fraction of sp³-hybridized carbons (Fsp3) is 0.519. The van der Waals surface area contributed by atoms with E-state index in [2.05, 4.69) is 68.3 Å². The summed E-state index contributed by atoms with van der Waals surface area (Å²) in [6, 6.07) is 19.5. The Labute approximate surface area is 188 Å². The number of hydrogen-bond donors (Lipinski definition) is 0. The third-order valence-corrected chi connectivity index (χ3v) is 7.28. The number of benzene rings is 2. The molecule has 1 heterocycles. The highest BCUT2D eigenvalue weighted by molar-refractivity contribution is 5.75. The van der Waals surface area contributed by atoms with Crippen LogP contribution < -0.4 is 4.74 Å². The van der Waals surface area contributed by atoms with Gasteiger partial charge in [0.2, 0.25) is 5.91 Å². The fourth-order valence-corrected chi connectivity index (χ4v) is 5.14. The van der Waals surface area contributed by atoms with Crippen LogP contribution in [0.15, 0.2) is 54.6 Å². The highest BCUT2D eigenvalue weighted by Crippen LogP contribution is 2.44. The standard InChI is InChI=1S/C27H38N2O2/c1-6-26(30)29(20-23-12-14-25(31-5)15-13-23)17-16-27(24-10-8-7-9-11-24)18-22(3)28(4)19-21(27)2/h7-15,21-22H,6,16-20H2,1-5H3/t21-,22+,27-/m0/s1.